The molecule has 1 aliphatic heterocycles. The average molecular weight is 201 g/mol. The van der Waals surface area contributed by atoms with Gasteiger partial charge in [-0.3, -0.25) is 4.98 Å². The second kappa shape index (κ2) is 2.60. The molecule has 3 heterocycles. The summed E-state index contributed by atoms with van der Waals surface area (Å²) >= 11 is 0. The molecular weight excluding hydrogens is 186 g/mol. The first kappa shape index (κ1) is 8.89. The minimum atomic E-state index is 0.194. The molecule has 0 bridgehead atoms. The van der Waals surface area contributed by atoms with Crippen LogP contribution in [-0.2, 0) is 12.0 Å². The zero-order chi connectivity index (χ0) is 10.6. The highest BCUT2D eigenvalue weighted by molar-refractivity contribution is 5.73. The van der Waals surface area contributed by atoms with Gasteiger partial charge in [0.15, 0.2) is 5.65 Å². The second-order valence-electron chi connectivity index (χ2n) is 5.00. The molecule has 15 heavy (non-hydrogen) atoms. The third-order valence-corrected chi connectivity index (χ3v) is 3.30. The van der Waals surface area contributed by atoms with Gasteiger partial charge in [0, 0.05) is 17.4 Å². The molecule has 3 nitrogen and oxygen atoms in total. The van der Waals surface area contributed by atoms with Crippen molar-refractivity contribution in [3.8, 4) is 0 Å². The highest BCUT2D eigenvalue weighted by Gasteiger charge is 2.31. The topological polar surface area (TPSA) is 30.7 Å². The number of nitrogens with zero attached hydrogens (tertiary/aromatic N) is 3. The van der Waals surface area contributed by atoms with Gasteiger partial charge in [0.25, 0.3) is 0 Å². The van der Waals surface area contributed by atoms with Crippen molar-refractivity contribution in [3.63, 3.8) is 0 Å². The molecule has 2 aromatic rings. The Hall–Kier alpha value is -1.38. The van der Waals surface area contributed by atoms with Gasteiger partial charge in [0.05, 0.1) is 5.69 Å². The van der Waals surface area contributed by atoms with E-state index < -0.39 is 0 Å². The molecule has 0 atom stereocenters. The van der Waals surface area contributed by atoms with E-state index in [1.165, 1.54) is 12.1 Å². The number of fused-ring (bicyclic) bond motifs is 3. The van der Waals surface area contributed by atoms with Gasteiger partial charge in [-0.05, 0) is 39.7 Å². The lowest BCUT2D eigenvalue weighted by atomic mass is 10.0. The molecule has 0 saturated carbocycles. The van der Waals surface area contributed by atoms with Crippen LogP contribution in [0.15, 0.2) is 12.3 Å². The highest BCUT2D eigenvalue weighted by atomic mass is 15.1. The summed E-state index contributed by atoms with van der Waals surface area (Å²) in [7, 11) is 0. The molecule has 0 unspecified atom stereocenters. The number of rotatable bonds is 0. The first-order chi connectivity index (χ1) is 7.08. The summed E-state index contributed by atoms with van der Waals surface area (Å²) in [6, 6.07) is 2.18. The fourth-order valence-corrected chi connectivity index (χ4v) is 2.50. The predicted octanol–water partition coefficient (Wildman–Crippen LogP) is 2.42. The molecule has 0 fully saturated rings. The van der Waals surface area contributed by atoms with Gasteiger partial charge in [-0.1, -0.05) is 0 Å². The van der Waals surface area contributed by atoms with Crippen molar-refractivity contribution in [2.24, 2.45) is 0 Å². The standard InChI is InChI=1S/C12H15N3/c1-8-7-13-10-6-9-4-5-12(2,3)15(9)11(10)14-8/h6-7H,4-5H2,1-3H3. The zero-order valence-electron chi connectivity index (χ0n) is 9.41. The maximum absolute atomic E-state index is 4.60. The van der Waals surface area contributed by atoms with Crippen LogP contribution in [0.2, 0.25) is 0 Å². The van der Waals surface area contributed by atoms with Crippen LogP contribution in [0.1, 0.15) is 31.7 Å². The monoisotopic (exact) mass is 201 g/mol. The van der Waals surface area contributed by atoms with Crippen LogP contribution >= 0.6 is 0 Å². The Labute approximate surface area is 89.2 Å². The Morgan fingerprint density at radius 3 is 3.00 bits per heavy atom. The number of aryl methyl sites for hydroxylation is 2. The summed E-state index contributed by atoms with van der Waals surface area (Å²) in [5, 5.41) is 0. The second-order valence-corrected chi connectivity index (χ2v) is 5.00. The van der Waals surface area contributed by atoms with Crippen molar-refractivity contribution in [2.75, 3.05) is 0 Å². The van der Waals surface area contributed by atoms with E-state index in [2.05, 4.69) is 34.4 Å². The van der Waals surface area contributed by atoms with E-state index in [9.17, 15) is 0 Å². The van der Waals surface area contributed by atoms with Gasteiger partial charge >= 0.3 is 0 Å². The normalized spacial score (nSPS) is 18.3. The Bertz CT molecular complexity index is 537. The summed E-state index contributed by atoms with van der Waals surface area (Å²) in [5.74, 6) is 0. The van der Waals surface area contributed by atoms with Crippen molar-refractivity contribution >= 4 is 11.2 Å². The Kier molecular flexibility index (Phi) is 1.54. The smallest absolute Gasteiger partial charge is 0.159 e. The molecule has 0 aromatic carbocycles. The zero-order valence-corrected chi connectivity index (χ0v) is 9.41. The summed E-state index contributed by atoms with van der Waals surface area (Å²) in [5.41, 5.74) is 4.64. The number of aromatic nitrogens is 3. The third-order valence-electron chi connectivity index (χ3n) is 3.30. The molecule has 0 N–H and O–H groups in total. The van der Waals surface area contributed by atoms with Crippen LogP contribution in [0.25, 0.3) is 11.2 Å². The van der Waals surface area contributed by atoms with Gasteiger partial charge in [0.1, 0.15) is 5.52 Å². The molecule has 2 aromatic heterocycles. The SMILES string of the molecule is Cc1cnc2cc3n(c2n1)C(C)(C)CC3. The molecular formula is C12H15N3. The maximum atomic E-state index is 4.60. The van der Waals surface area contributed by atoms with Crippen LogP contribution in [0, 0.1) is 6.92 Å². The summed E-state index contributed by atoms with van der Waals surface area (Å²) in [6.07, 6.45) is 4.18. The van der Waals surface area contributed by atoms with Gasteiger partial charge in [-0.2, -0.15) is 0 Å². The molecule has 0 spiro atoms. The van der Waals surface area contributed by atoms with E-state index in [1.807, 2.05) is 13.1 Å². The molecule has 0 radical (unpaired) electrons. The predicted molar refractivity (Wildman–Crippen MR) is 59.9 cm³/mol. The van der Waals surface area contributed by atoms with E-state index in [-0.39, 0.29) is 5.54 Å². The first-order valence-corrected chi connectivity index (χ1v) is 5.42. The molecule has 0 saturated heterocycles. The quantitative estimate of drug-likeness (QED) is 0.655. The highest BCUT2D eigenvalue weighted by Crippen LogP contribution is 2.35. The Morgan fingerprint density at radius 1 is 1.40 bits per heavy atom. The van der Waals surface area contributed by atoms with Gasteiger partial charge in [-0.25, -0.2) is 4.98 Å². The largest absolute Gasteiger partial charge is 0.323 e. The average Bonchev–Trinajstić information content (AvgIpc) is 2.65. The first-order valence-electron chi connectivity index (χ1n) is 5.42. The van der Waals surface area contributed by atoms with E-state index >= 15 is 0 Å². The lowest BCUT2D eigenvalue weighted by Crippen LogP contribution is -2.21. The van der Waals surface area contributed by atoms with E-state index in [1.54, 1.807) is 0 Å². The minimum Gasteiger partial charge on any atom is -0.323 e. The van der Waals surface area contributed by atoms with Gasteiger partial charge in [0.2, 0.25) is 0 Å². The van der Waals surface area contributed by atoms with Crippen molar-refractivity contribution in [2.45, 2.75) is 39.2 Å². The van der Waals surface area contributed by atoms with Crippen molar-refractivity contribution < 1.29 is 0 Å². The lowest BCUT2D eigenvalue weighted by Gasteiger charge is -2.21. The number of hydrogen-bond donors (Lipinski definition) is 0. The van der Waals surface area contributed by atoms with Crippen LogP contribution in [0.4, 0.5) is 0 Å². The van der Waals surface area contributed by atoms with Gasteiger partial charge < -0.3 is 4.57 Å². The van der Waals surface area contributed by atoms with Crippen molar-refractivity contribution in [1.82, 2.24) is 14.5 Å². The van der Waals surface area contributed by atoms with Crippen LogP contribution in [0.5, 0.6) is 0 Å². The van der Waals surface area contributed by atoms with E-state index in [0.717, 1.165) is 23.3 Å². The van der Waals surface area contributed by atoms with Crippen LogP contribution in [-0.4, -0.2) is 14.5 Å². The summed E-state index contributed by atoms with van der Waals surface area (Å²) < 4.78 is 2.35. The lowest BCUT2D eigenvalue weighted by molar-refractivity contribution is 0.385. The molecule has 0 amide bonds. The van der Waals surface area contributed by atoms with Crippen molar-refractivity contribution in [1.29, 1.82) is 0 Å². The maximum Gasteiger partial charge on any atom is 0.159 e. The van der Waals surface area contributed by atoms with Crippen LogP contribution < -0.4 is 0 Å². The fourth-order valence-electron chi connectivity index (χ4n) is 2.50. The Morgan fingerprint density at radius 2 is 2.20 bits per heavy atom. The molecule has 0 aliphatic carbocycles. The fraction of sp³-hybridized carbons (Fsp3) is 0.500. The number of hydrogen-bond acceptors (Lipinski definition) is 2. The van der Waals surface area contributed by atoms with Crippen LogP contribution in [0.3, 0.4) is 0 Å². The van der Waals surface area contributed by atoms with Gasteiger partial charge in [-0.15, -0.1) is 0 Å². The molecule has 1 aliphatic rings. The molecule has 3 rings (SSSR count). The van der Waals surface area contributed by atoms with Crippen molar-refractivity contribution in [3.05, 3.63) is 23.7 Å². The molecule has 3 heteroatoms. The van der Waals surface area contributed by atoms with E-state index in [0.29, 0.717) is 0 Å². The minimum absolute atomic E-state index is 0.194. The molecule has 78 valence electrons. The Balaban J connectivity index is 2.39. The summed E-state index contributed by atoms with van der Waals surface area (Å²) in [4.78, 5) is 9.03. The van der Waals surface area contributed by atoms with E-state index in [4.69, 9.17) is 0 Å². The third kappa shape index (κ3) is 1.12. The summed E-state index contributed by atoms with van der Waals surface area (Å²) in [6.45, 7) is 6.54.